The lowest BCUT2D eigenvalue weighted by molar-refractivity contribution is -0.137. The summed E-state index contributed by atoms with van der Waals surface area (Å²) in [6.45, 7) is 0.663. The lowest BCUT2D eigenvalue weighted by atomic mass is 9.80. The Balaban J connectivity index is 1.12. The minimum absolute atomic E-state index is 0.0715. The van der Waals surface area contributed by atoms with Crippen molar-refractivity contribution in [3.63, 3.8) is 0 Å². The molecule has 2 amide bonds. The van der Waals surface area contributed by atoms with E-state index in [1.165, 1.54) is 23.6 Å². The van der Waals surface area contributed by atoms with Gasteiger partial charge in [-0.15, -0.1) is 11.3 Å². The summed E-state index contributed by atoms with van der Waals surface area (Å²) in [6, 6.07) is 13.8. The number of aliphatic hydroxyl groups is 1. The van der Waals surface area contributed by atoms with E-state index in [9.17, 15) is 27.9 Å². The van der Waals surface area contributed by atoms with Gasteiger partial charge in [0.2, 0.25) is 5.91 Å². The number of carbonyl (C=O) groups excluding carboxylic acids is 2. The van der Waals surface area contributed by atoms with Crippen molar-refractivity contribution in [3.8, 4) is 0 Å². The first kappa shape index (κ1) is 30.9. The maximum absolute atomic E-state index is 13.6. The molecule has 1 aliphatic carbocycles. The molecule has 4 aromatic rings. The van der Waals surface area contributed by atoms with E-state index in [-0.39, 0.29) is 23.9 Å². The predicted molar refractivity (Wildman–Crippen MR) is 162 cm³/mol. The number of likely N-dealkylation sites (tertiary alicyclic amines) is 1. The van der Waals surface area contributed by atoms with Crippen molar-refractivity contribution >= 4 is 39.9 Å². The van der Waals surface area contributed by atoms with Gasteiger partial charge in [-0.05, 0) is 54.8 Å². The highest BCUT2D eigenvalue weighted by atomic mass is 32.1. The van der Waals surface area contributed by atoms with Crippen LogP contribution in [0.4, 0.5) is 23.8 Å². The fourth-order valence-corrected chi connectivity index (χ4v) is 6.80. The normalized spacial score (nSPS) is 20.8. The van der Waals surface area contributed by atoms with E-state index in [0.717, 1.165) is 34.8 Å². The molecule has 6 rings (SSSR count). The van der Waals surface area contributed by atoms with Gasteiger partial charge in [-0.1, -0.05) is 36.4 Å². The Morgan fingerprint density at radius 1 is 1.11 bits per heavy atom. The van der Waals surface area contributed by atoms with Crippen molar-refractivity contribution in [1.29, 1.82) is 0 Å². The number of carbonyl (C=O) groups is 2. The number of thiazole rings is 1. The first-order chi connectivity index (χ1) is 21.6. The van der Waals surface area contributed by atoms with Crippen LogP contribution in [0.3, 0.4) is 0 Å². The summed E-state index contributed by atoms with van der Waals surface area (Å²) in [7, 11) is 0. The summed E-state index contributed by atoms with van der Waals surface area (Å²) in [5.74, 6) is -0.581. The van der Waals surface area contributed by atoms with Crippen LogP contribution < -0.4 is 10.2 Å². The van der Waals surface area contributed by atoms with E-state index in [1.807, 2.05) is 6.07 Å². The zero-order valence-electron chi connectivity index (χ0n) is 24.2. The molecule has 2 N–H and O–H groups in total. The van der Waals surface area contributed by atoms with Crippen molar-refractivity contribution in [2.24, 2.45) is 0 Å². The van der Waals surface area contributed by atoms with Crippen molar-refractivity contribution in [3.05, 3.63) is 88.5 Å². The fraction of sp³-hybridized carbons (Fsp3) is 0.375. The molecule has 9 nitrogen and oxygen atoms in total. The van der Waals surface area contributed by atoms with E-state index in [1.54, 1.807) is 42.0 Å². The number of nitrogens with one attached hydrogen (secondary N) is 1. The number of hydrogen-bond acceptors (Lipinski definition) is 8. The molecular formula is C32H32F3N5O4S. The molecule has 1 aliphatic heterocycles. The summed E-state index contributed by atoms with van der Waals surface area (Å²) in [6.07, 6.45) is 0.520. The summed E-state index contributed by atoms with van der Waals surface area (Å²) in [5.41, 5.74) is 0.699. The van der Waals surface area contributed by atoms with Gasteiger partial charge in [0.25, 0.3) is 0 Å². The molecule has 0 atom stereocenters. The van der Waals surface area contributed by atoms with Gasteiger partial charge < -0.3 is 15.2 Å². The number of pyridine rings is 1. The summed E-state index contributed by atoms with van der Waals surface area (Å²) in [4.78, 5) is 39.1. The molecule has 2 aromatic heterocycles. The first-order valence-electron chi connectivity index (χ1n) is 14.7. The van der Waals surface area contributed by atoms with Gasteiger partial charge in [0.1, 0.15) is 24.6 Å². The third-order valence-electron chi connectivity index (χ3n) is 8.52. The Hall–Kier alpha value is -4.07. The third-order valence-corrected chi connectivity index (χ3v) is 9.49. The molecule has 2 aliphatic rings. The molecule has 45 heavy (non-hydrogen) atoms. The van der Waals surface area contributed by atoms with Gasteiger partial charge in [-0.25, -0.2) is 9.78 Å². The molecule has 0 radical (unpaired) electrons. The number of hydrogen-bond donors (Lipinski definition) is 2. The largest absolute Gasteiger partial charge is 0.444 e. The Morgan fingerprint density at radius 3 is 2.56 bits per heavy atom. The number of rotatable bonds is 8. The van der Waals surface area contributed by atoms with Gasteiger partial charge >= 0.3 is 12.3 Å². The second-order valence-corrected chi connectivity index (χ2v) is 12.4. The molecule has 2 aromatic carbocycles. The summed E-state index contributed by atoms with van der Waals surface area (Å²) >= 11 is 1.46. The van der Waals surface area contributed by atoms with E-state index in [4.69, 9.17) is 4.74 Å². The van der Waals surface area contributed by atoms with E-state index >= 15 is 0 Å². The van der Waals surface area contributed by atoms with Gasteiger partial charge in [0.15, 0.2) is 0 Å². The van der Waals surface area contributed by atoms with Crippen LogP contribution in [0.1, 0.15) is 41.7 Å². The van der Waals surface area contributed by atoms with Crippen LogP contribution in [0.15, 0.2) is 72.5 Å². The van der Waals surface area contributed by atoms with Crippen LogP contribution in [-0.4, -0.2) is 63.7 Å². The second-order valence-electron chi connectivity index (χ2n) is 11.5. The van der Waals surface area contributed by atoms with Gasteiger partial charge in [0.05, 0.1) is 22.0 Å². The van der Waals surface area contributed by atoms with Crippen LogP contribution in [0, 0.1) is 0 Å². The van der Waals surface area contributed by atoms with Gasteiger partial charge in [-0.3, -0.25) is 19.6 Å². The fourth-order valence-electron chi connectivity index (χ4n) is 6.02. The van der Waals surface area contributed by atoms with Crippen molar-refractivity contribution in [2.45, 2.75) is 56.2 Å². The molecule has 0 bridgehead atoms. The average molecular weight is 640 g/mol. The maximum atomic E-state index is 13.6. The SMILES string of the molecule is O=C(CN(C(=O)OCc1ccccc1)c1nccc2ccc(C(F)(F)F)cc12)NC1CN([C@H]2CC[C@@](O)(c3cncs3)CC2)C1. The molecule has 0 unspecified atom stereocenters. The number of alkyl halides is 3. The molecular weight excluding hydrogens is 607 g/mol. The second kappa shape index (κ2) is 12.7. The number of aromatic nitrogens is 2. The number of halogens is 3. The first-order valence-corrected chi connectivity index (χ1v) is 15.6. The zero-order chi connectivity index (χ0) is 31.6. The van der Waals surface area contributed by atoms with Crippen molar-refractivity contribution in [2.75, 3.05) is 24.5 Å². The van der Waals surface area contributed by atoms with Crippen LogP contribution in [-0.2, 0) is 27.9 Å². The molecule has 13 heteroatoms. The quantitative estimate of drug-likeness (QED) is 0.263. The monoisotopic (exact) mass is 639 g/mol. The van der Waals surface area contributed by atoms with Crippen LogP contribution in [0.5, 0.6) is 0 Å². The van der Waals surface area contributed by atoms with Crippen LogP contribution in [0.25, 0.3) is 10.8 Å². The van der Waals surface area contributed by atoms with Crippen LogP contribution >= 0.6 is 11.3 Å². The van der Waals surface area contributed by atoms with Crippen molar-refractivity contribution < 1.29 is 32.6 Å². The highest BCUT2D eigenvalue weighted by Crippen LogP contribution is 2.41. The van der Waals surface area contributed by atoms with Gasteiger partial charge in [-0.2, -0.15) is 13.2 Å². The summed E-state index contributed by atoms with van der Waals surface area (Å²) in [5, 5.41) is 14.5. The smallest absolute Gasteiger partial charge is 0.416 e. The number of benzene rings is 2. The number of amides is 2. The highest BCUT2D eigenvalue weighted by molar-refractivity contribution is 7.09. The lowest BCUT2D eigenvalue weighted by Gasteiger charge is -2.48. The molecule has 3 heterocycles. The standard InChI is InChI=1S/C32H32F3N5O4S/c33-32(34,35)23-7-6-22-10-13-37-29(26(22)14-23)40(30(42)44-19-21-4-2-1-3-5-21)18-28(41)38-24-16-39(17-24)25-8-11-31(43,12-9-25)27-15-36-20-45-27/h1-7,10,13-15,20,24-25,43H,8-9,11-12,16-19H2,(H,38,41)/t25-,31-. The van der Waals surface area contributed by atoms with E-state index < -0.39 is 35.9 Å². The number of ether oxygens (including phenoxy) is 1. The zero-order valence-corrected chi connectivity index (χ0v) is 25.1. The number of nitrogens with zero attached hydrogens (tertiary/aromatic N) is 4. The Bertz CT molecular complexity index is 1640. The third kappa shape index (κ3) is 6.95. The van der Waals surface area contributed by atoms with Gasteiger partial charge in [0, 0.05) is 36.9 Å². The highest BCUT2D eigenvalue weighted by Gasteiger charge is 2.41. The molecule has 0 spiro atoms. The lowest BCUT2D eigenvalue weighted by Crippen LogP contribution is -2.63. The average Bonchev–Trinajstić information content (AvgIpc) is 3.57. The van der Waals surface area contributed by atoms with Crippen molar-refractivity contribution in [1.82, 2.24) is 20.2 Å². The van der Waals surface area contributed by atoms with Crippen LogP contribution in [0.2, 0.25) is 0 Å². The molecule has 236 valence electrons. The van der Waals surface area contributed by atoms with E-state index in [2.05, 4.69) is 20.2 Å². The summed E-state index contributed by atoms with van der Waals surface area (Å²) < 4.78 is 46.2. The predicted octanol–water partition coefficient (Wildman–Crippen LogP) is 5.48. The molecule has 1 saturated heterocycles. The minimum Gasteiger partial charge on any atom is -0.444 e. The Kier molecular flexibility index (Phi) is 8.76. The van der Waals surface area contributed by atoms with E-state index in [0.29, 0.717) is 42.9 Å². The molecule has 1 saturated carbocycles. The Morgan fingerprint density at radius 2 is 1.87 bits per heavy atom. The minimum atomic E-state index is -4.61. The number of anilines is 1. The topological polar surface area (TPSA) is 108 Å². The number of fused-ring (bicyclic) bond motifs is 1. The maximum Gasteiger partial charge on any atom is 0.416 e. The molecule has 2 fully saturated rings. The Labute approximate surface area is 261 Å².